The number of fused-ring (bicyclic) bond motifs is 1. The summed E-state index contributed by atoms with van der Waals surface area (Å²) >= 11 is 0. The van der Waals surface area contributed by atoms with Crippen LogP contribution in [0, 0.1) is 0 Å². The molecule has 136 valence electrons. The maximum Gasteiger partial charge on any atom is 0.248 e. The number of aromatic nitrogens is 1. The van der Waals surface area contributed by atoms with E-state index in [0.717, 1.165) is 5.69 Å². The van der Waals surface area contributed by atoms with Gasteiger partial charge in [0.15, 0.2) is 9.84 Å². The smallest absolute Gasteiger partial charge is 0.248 e. The highest BCUT2D eigenvalue weighted by atomic mass is 32.2. The largest absolute Gasteiger partial charge is 0.365 e. The van der Waals surface area contributed by atoms with Gasteiger partial charge in [-0.25, -0.2) is 8.42 Å². The van der Waals surface area contributed by atoms with Crippen LogP contribution in [0.4, 0.5) is 0 Å². The standard InChI is InChI=1S/C16H27N3O4S/c1-4-24(21,22)9-8-18-10-14-6-5-7-19(14)12-15(11-18)23-13-16(20)17(2)3/h5-7,15H,4,8-13H2,1-3H3/t15-/m0/s1. The average Bonchev–Trinajstić information content (AvgIpc) is 2.89. The van der Waals surface area contributed by atoms with Gasteiger partial charge in [-0.2, -0.15) is 0 Å². The molecule has 2 heterocycles. The molecule has 1 aromatic rings. The van der Waals surface area contributed by atoms with E-state index in [-0.39, 0.29) is 30.1 Å². The highest BCUT2D eigenvalue weighted by Crippen LogP contribution is 2.15. The van der Waals surface area contributed by atoms with E-state index in [9.17, 15) is 13.2 Å². The predicted octanol–water partition coefficient (Wildman–Crippen LogP) is 0.212. The molecule has 7 nitrogen and oxygen atoms in total. The molecular weight excluding hydrogens is 330 g/mol. The minimum atomic E-state index is -3.00. The Bertz CT molecular complexity index is 654. The molecule has 0 fully saturated rings. The summed E-state index contributed by atoms with van der Waals surface area (Å²) in [6, 6.07) is 4.01. The van der Waals surface area contributed by atoms with Crippen molar-refractivity contribution in [1.29, 1.82) is 0 Å². The zero-order valence-electron chi connectivity index (χ0n) is 14.6. The first-order valence-electron chi connectivity index (χ1n) is 8.19. The third-order valence-corrected chi connectivity index (χ3v) is 5.96. The summed E-state index contributed by atoms with van der Waals surface area (Å²) < 4.78 is 31.5. The van der Waals surface area contributed by atoms with Gasteiger partial charge in [-0.05, 0) is 12.1 Å². The van der Waals surface area contributed by atoms with Crippen molar-refractivity contribution in [1.82, 2.24) is 14.4 Å². The molecule has 2 rings (SSSR count). The molecule has 0 radical (unpaired) electrons. The van der Waals surface area contributed by atoms with Crippen LogP contribution < -0.4 is 0 Å². The Kier molecular flexibility index (Phi) is 6.42. The van der Waals surface area contributed by atoms with E-state index in [4.69, 9.17) is 4.74 Å². The normalized spacial score (nSPS) is 18.9. The van der Waals surface area contributed by atoms with Crippen LogP contribution in [0.2, 0.25) is 0 Å². The summed E-state index contributed by atoms with van der Waals surface area (Å²) in [5, 5.41) is 0. The number of hydrogen-bond acceptors (Lipinski definition) is 5. The molecule has 0 spiro atoms. The Balaban J connectivity index is 2.02. The highest BCUT2D eigenvalue weighted by molar-refractivity contribution is 7.91. The van der Waals surface area contributed by atoms with Gasteiger partial charge in [-0.1, -0.05) is 6.92 Å². The van der Waals surface area contributed by atoms with E-state index in [1.54, 1.807) is 21.0 Å². The summed E-state index contributed by atoms with van der Waals surface area (Å²) in [4.78, 5) is 15.3. The van der Waals surface area contributed by atoms with Crippen LogP contribution in [0.5, 0.6) is 0 Å². The van der Waals surface area contributed by atoms with E-state index in [2.05, 4.69) is 9.47 Å². The fourth-order valence-electron chi connectivity index (χ4n) is 2.64. The van der Waals surface area contributed by atoms with Gasteiger partial charge in [0, 0.05) is 57.9 Å². The van der Waals surface area contributed by atoms with E-state index < -0.39 is 9.84 Å². The monoisotopic (exact) mass is 357 g/mol. The minimum Gasteiger partial charge on any atom is -0.365 e. The quantitative estimate of drug-likeness (QED) is 0.698. The number of carbonyl (C=O) groups is 1. The van der Waals surface area contributed by atoms with Crippen LogP contribution in [0.3, 0.4) is 0 Å². The molecule has 0 saturated carbocycles. The topological polar surface area (TPSA) is 71.9 Å². The first-order chi connectivity index (χ1) is 11.3. The Morgan fingerprint density at radius 3 is 2.79 bits per heavy atom. The molecule has 0 saturated heterocycles. The second-order valence-electron chi connectivity index (χ2n) is 6.34. The van der Waals surface area contributed by atoms with Gasteiger partial charge < -0.3 is 14.2 Å². The van der Waals surface area contributed by atoms with Gasteiger partial charge in [0.25, 0.3) is 0 Å². The Morgan fingerprint density at radius 1 is 1.38 bits per heavy atom. The van der Waals surface area contributed by atoms with Gasteiger partial charge in [-0.15, -0.1) is 0 Å². The van der Waals surface area contributed by atoms with Gasteiger partial charge in [-0.3, -0.25) is 9.69 Å². The summed E-state index contributed by atoms with van der Waals surface area (Å²) in [6.07, 6.45) is 1.85. The molecule has 0 aromatic carbocycles. The van der Waals surface area contributed by atoms with Crippen molar-refractivity contribution >= 4 is 15.7 Å². The fraction of sp³-hybridized carbons (Fsp3) is 0.688. The van der Waals surface area contributed by atoms with Crippen LogP contribution in [-0.2, 0) is 32.5 Å². The highest BCUT2D eigenvalue weighted by Gasteiger charge is 2.24. The molecule has 1 aliphatic heterocycles. The third-order valence-electron chi connectivity index (χ3n) is 4.27. The molecule has 24 heavy (non-hydrogen) atoms. The van der Waals surface area contributed by atoms with Gasteiger partial charge in [0.1, 0.15) is 6.61 Å². The van der Waals surface area contributed by atoms with Crippen molar-refractivity contribution in [3.05, 3.63) is 24.0 Å². The van der Waals surface area contributed by atoms with E-state index in [1.165, 1.54) is 4.90 Å². The third kappa shape index (κ3) is 5.32. The number of sulfone groups is 1. The zero-order chi connectivity index (χ0) is 17.7. The van der Waals surface area contributed by atoms with E-state index in [0.29, 0.717) is 26.2 Å². The van der Waals surface area contributed by atoms with Gasteiger partial charge in [0.2, 0.25) is 5.91 Å². The zero-order valence-corrected chi connectivity index (χ0v) is 15.5. The Labute approximate surface area is 144 Å². The lowest BCUT2D eigenvalue weighted by molar-refractivity contribution is -0.136. The molecule has 0 bridgehead atoms. The molecule has 0 unspecified atom stereocenters. The molecule has 0 aliphatic carbocycles. The number of carbonyl (C=O) groups excluding carboxylic acids is 1. The summed E-state index contributed by atoms with van der Waals surface area (Å²) in [5.41, 5.74) is 1.13. The molecule has 8 heteroatoms. The molecule has 1 amide bonds. The van der Waals surface area contributed by atoms with Crippen molar-refractivity contribution in [2.75, 3.05) is 45.3 Å². The number of ether oxygens (including phenoxy) is 1. The maximum absolute atomic E-state index is 11.8. The van der Waals surface area contributed by atoms with Crippen LogP contribution in [0.1, 0.15) is 12.6 Å². The lowest BCUT2D eigenvalue weighted by atomic mass is 10.3. The molecule has 0 N–H and O–H groups in total. The number of hydrogen-bond donors (Lipinski definition) is 0. The van der Waals surface area contributed by atoms with Gasteiger partial charge >= 0.3 is 0 Å². The SMILES string of the molecule is CCS(=O)(=O)CCN1Cc2cccn2C[C@@H](OCC(=O)N(C)C)C1. The van der Waals surface area contributed by atoms with Crippen molar-refractivity contribution in [2.24, 2.45) is 0 Å². The first-order valence-corrected chi connectivity index (χ1v) is 10.0. The fourth-order valence-corrected chi connectivity index (χ4v) is 3.46. The Morgan fingerprint density at radius 2 is 2.12 bits per heavy atom. The van der Waals surface area contributed by atoms with Crippen LogP contribution in [0.25, 0.3) is 0 Å². The lowest BCUT2D eigenvalue weighted by Crippen LogP contribution is -2.38. The average molecular weight is 357 g/mol. The van der Waals surface area contributed by atoms with Crippen molar-refractivity contribution in [3.63, 3.8) is 0 Å². The van der Waals surface area contributed by atoms with Crippen LogP contribution in [0.15, 0.2) is 18.3 Å². The first kappa shape index (κ1) is 19.0. The predicted molar refractivity (Wildman–Crippen MR) is 92.5 cm³/mol. The summed E-state index contributed by atoms with van der Waals surface area (Å²) in [7, 11) is 0.399. The summed E-state index contributed by atoms with van der Waals surface area (Å²) in [6.45, 7) is 4.15. The molecular formula is C16H27N3O4S. The van der Waals surface area contributed by atoms with E-state index in [1.807, 2.05) is 18.3 Å². The second kappa shape index (κ2) is 8.13. The van der Waals surface area contributed by atoms with Crippen molar-refractivity contribution < 1.29 is 17.9 Å². The summed E-state index contributed by atoms with van der Waals surface area (Å²) in [5.74, 6) is 0.231. The van der Waals surface area contributed by atoms with E-state index >= 15 is 0 Å². The Hall–Kier alpha value is -1.38. The second-order valence-corrected chi connectivity index (χ2v) is 8.82. The number of likely N-dealkylation sites (N-methyl/N-ethyl adjacent to an activating group) is 1. The van der Waals surface area contributed by atoms with Crippen molar-refractivity contribution in [3.8, 4) is 0 Å². The van der Waals surface area contributed by atoms with Crippen LogP contribution >= 0.6 is 0 Å². The number of amides is 1. The maximum atomic E-state index is 11.8. The van der Waals surface area contributed by atoms with Crippen LogP contribution in [-0.4, -0.2) is 80.1 Å². The molecule has 1 aliphatic rings. The van der Waals surface area contributed by atoms with Gasteiger partial charge in [0.05, 0.1) is 11.9 Å². The lowest BCUT2D eigenvalue weighted by Gasteiger charge is -2.24. The molecule has 1 atom stereocenters. The number of nitrogens with zero attached hydrogens (tertiary/aromatic N) is 3. The number of rotatable bonds is 7. The van der Waals surface area contributed by atoms with Crippen molar-refractivity contribution in [2.45, 2.75) is 26.1 Å². The molecule has 1 aromatic heterocycles. The minimum absolute atomic E-state index is 0.0371.